The Bertz CT molecular complexity index is 1130. The Labute approximate surface area is 201 Å². The average Bonchev–Trinajstić information content (AvgIpc) is 3.09. The minimum absolute atomic E-state index is 0.0811. The molecule has 0 aliphatic carbocycles. The summed E-state index contributed by atoms with van der Waals surface area (Å²) in [6, 6.07) is 11.9. The molecule has 3 aromatic rings. The number of fused-ring (bicyclic) bond motifs is 1. The Hall–Kier alpha value is -3.13. The second kappa shape index (κ2) is 10.4. The molecule has 0 saturated carbocycles. The van der Waals surface area contributed by atoms with Crippen LogP contribution in [0.5, 0.6) is 0 Å². The van der Waals surface area contributed by atoms with Crippen molar-refractivity contribution >= 4 is 34.1 Å². The van der Waals surface area contributed by atoms with Crippen molar-refractivity contribution in [2.75, 3.05) is 23.3 Å². The molecule has 8 heteroatoms. The van der Waals surface area contributed by atoms with Crippen molar-refractivity contribution in [2.45, 2.75) is 59.0 Å². The van der Waals surface area contributed by atoms with Gasteiger partial charge in [-0.05, 0) is 68.0 Å². The van der Waals surface area contributed by atoms with Gasteiger partial charge in [-0.1, -0.05) is 26.8 Å². The van der Waals surface area contributed by atoms with Gasteiger partial charge in [-0.3, -0.25) is 4.79 Å². The highest BCUT2D eigenvalue weighted by Gasteiger charge is 2.23. The van der Waals surface area contributed by atoms with Gasteiger partial charge in [0.05, 0.1) is 23.4 Å². The van der Waals surface area contributed by atoms with Crippen LogP contribution in [0.3, 0.4) is 0 Å². The van der Waals surface area contributed by atoms with Gasteiger partial charge >= 0.3 is 5.97 Å². The fourth-order valence-corrected chi connectivity index (χ4v) is 4.30. The summed E-state index contributed by atoms with van der Waals surface area (Å²) in [6.07, 6.45) is 0.816. The van der Waals surface area contributed by atoms with Gasteiger partial charge in [0.1, 0.15) is 11.0 Å². The summed E-state index contributed by atoms with van der Waals surface area (Å²) in [7, 11) is 1.79. The van der Waals surface area contributed by atoms with Gasteiger partial charge < -0.3 is 20.4 Å². The maximum atomic E-state index is 11.4. The summed E-state index contributed by atoms with van der Waals surface area (Å²) in [6.45, 7) is 11.2. The maximum absolute atomic E-state index is 11.4. The van der Waals surface area contributed by atoms with Crippen LogP contribution in [0.15, 0.2) is 36.4 Å². The number of carbonyl (C=O) groups is 1. The molecule has 0 aliphatic rings. The smallest absolute Gasteiger partial charge is 0.303 e. The van der Waals surface area contributed by atoms with Crippen molar-refractivity contribution in [3.05, 3.63) is 42.0 Å². The van der Waals surface area contributed by atoms with E-state index in [2.05, 4.69) is 34.3 Å². The van der Waals surface area contributed by atoms with Gasteiger partial charge in [-0.25, -0.2) is 0 Å². The van der Waals surface area contributed by atoms with E-state index in [4.69, 9.17) is 0 Å². The number of nitrogens with one attached hydrogen (secondary N) is 1. The number of carboxylic acid groups (broad SMARTS) is 1. The van der Waals surface area contributed by atoms with E-state index in [0.717, 1.165) is 46.6 Å². The number of hydrogen-bond donors (Lipinski definition) is 3. The zero-order valence-electron chi connectivity index (χ0n) is 21.0. The van der Waals surface area contributed by atoms with E-state index in [1.807, 2.05) is 57.2 Å². The molecule has 2 aromatic carbocycles. The molecule has 0 aliphatic heterocycles. The van der Waals surface area contributed by atoms with Crippen molar-refractivity contribution in [3.8, 4) is 0 Å². The average molecular weight is 468 g/mol. The Kier molecular flexibility index (Phi) is 7.82. The number of aliphatic hydroxyl groups is 1. The summed E-state index contributed by atoms with van der Waals surface area (Å²) in [5.41, 5.74) is 4.41. The van der Waals surface area contributed by atoms with Crippen LogP contribution in [0.4, 0.5) is 17.1 Å². The van der Waals surface area contributed by atoms with Gasteiger partial charge in [0, 0.05) is 25.8 Å². The van der Waals surface area contributed by atoms with E-state index in [-0.39, 0.29) is 12.3 Å². The maximum Gasteiger partial charge on any atom is 0.303 e. The predicted octanol–water partition coefficient (Wildman–Crippen LogP) is 4.91. The number of anilines is 3. The molecular weight excluding hydrogens is 430 g/mol. The third-order valence-electron chi connectivity index (χ3n) is 5.67. The number of nitrogens with zero attached hydrogens (tertiary/aromatic N) is 4. The molecule has 1 heterocycles. The number of carboxylic acids is 1. The normalized spacial score (nSPS) is 12.8. The summed E-state index contributed by atoms with van der Waals surface area (Å²) in [4.78, 5) is 15.2. The van der Waals surface area contributed by atoms with Crippen LogP contribution < -0.4 is 10.2 Å². The molecule has 0 bridgehead atoms. The molecule has 1 aromatic heterocycles. The van der Waals surface area contributed by atoms with Crippen molar-refractivity contribution in [1.29, 1.82) is 0 Å². The summed E-state index contributed by atoms with van der Waals surface area (Å²) < 4.78 is 0. The van der Waals surface area contributed by atoms with Crippen molar-refractivity contribution < 1.29 is 15.0 Å². The van der Waals surface area contributed by atoms with Gasteiger partial charge in [0.2, 0.25) is 0 Å². The van der Waals surface area contributed by atoms with Crippen LogP contribution >= 0.6 is 0 Å². The fraction of sp³-hybridized carbons (Fsp3) is 0.500. The second-order valence-corrected chi connectivity index (χ2v) is 10.1. The van der Waals surface area contributed by atoms with E-state index in [0.29, 0.717) is 12.5 Å². The van der Waals surface area contributed by atoms with Crippen LogP contribution in [0.25, 0.3) is 11.0 Å². The largest absolute Gasteiger partial charge is 0.481 e. The first-order valence-corrected chi connectivity index (χ1v) is 11.9. The van der Waals surface area contributed by atoms with E-state index in [9.17, 15) is 15.0 Å². The zero-order chi connectivity index (χ0) is 25.0. The third-order valence-corrected chi connectivity index (χ3v) is 5.67. The lowest BCUT2D eigenvalue weighted by molar-refractivity contribution is -0.137. The number of aryl methyl sites for hydroxylation is 1. The zero-order valence-corrected chi connectivity index (χ0v) is 21.0. The van der Waals surface area contributed by atoms with Crippen molar-refractivity contribution in [3.63, 3.8) is 0 Å². The number of aliphatic carboxylic acids is 1. The van der Waals surface area contributed by atoms with Gasteiger partial charge in [0.25, 0.3) is 0 Å². The standard InChI is InChI=1S/C26H37N5O3/c1-7-18(13-25(32)33)19-8-11-24(31(15-17(2)3)16-26(4,5)34)23(12-19)27-20-9-10-21-22(14-20)29-30(6)28-21/h8-12,14,17-18,27,34H,7,13,15-16H2,1-6H3,(H,32,33). The van der Waals surface area contributed by atoms with Gasteiger partial charge in [-0.15, -0.1) is 0 Å². The molecule has 1 atom stereocenters. The lowest BCUT2D eigenvalue weighted by atomic mass is 9.92. The highest BCUT2D eigenvalue weighted by Crippen LogP contribution is 2.35. The summed E-state index contributed by atoms with van der Waals surface area (Å²) >= 11 is 0. The molecule has 1 unspecified atom stereocenters. The molecule has 0 spiro atoms. The molecule has 8 nitrogen and oxygen atoms in total. The first-order chi connectivity index (χ1) is 15.9. The van der Waals surface area contributed by atoms with Crippen LogP contribution in [-0.4, -0.2) is 49.9 Å². The molecule has 3 N–H and O–H groups in total. The van der Waals surface area contributed by atoms with Crippen LogP contribution in [-0.2, 0) is 11.8 Å². The fourth-order valence-electron chi connectivity index (χ4n) is 4.30. The van der Waals surface area contributed by atoms with Crippen LogP contribution in [0.2, 0.25) is 0 Å². The Morgan fingerprint density at radius 1 is 1.15 bits per heavy atom. The van der Waals surface area contributed by atoms with Crippen molar-refractivity contribution in [1.82, 2.24) is 15.0 Å². The first kappa shape index (κ1) is 25.5. The van der Waals surface area contributed by atoms with Crippen LogP contribution in [0, 0.1) is 5.92 Å². The van der Waals surface area contributed by atoms with Gasteiger partial charge in [-0.2, -0.15) is 15.0 Å². The minimum Gasteiger partial charge on any atom is -0.481 e. The molecular formula is C26H37N5O3. The molecule has 184 valence electrons. The third kappa shape index (κ3) is 6.70. The molecule has 0 fully saturated rings. The highest BCUT2D eigenvalue weighted by molar-refractivity contribution is 5.82. The lowest BCUT2D eigenvalue weighted by Gasteiger charge is -2.34. The quantitative estimate of drug-likeness (QED) is 0.368. The number of benzene rings is 2. The number of rotatable bonds is 11. The Balaban J connectivity index is 2.07. The molecule has 0 radical (unpaired) electrons. The lowest BCUT2D eigenvalue weighted by Crippen LogP contribution is -2.40. The Morgan fingerprint density at radius 3 is 2.47 bits per heavy atom. The highest BCUT2D eigenvalue weighted by atomic mass is 16.4. The van der Waals surface area contributed by atoms with Crippen LogP contribution in [0.1, 0.15) is 58.9 Å². The molecule has 0 saturated heterocycles. The van der Waals surface area contributed by atoms with Crippen molar-refractivity contribution in [2.24, 2.45) is 13.0 Å². The summed E-state index contributed by atoms with van der Waals surface area (Å²) in [5.74, 6) is -0.495. The molecule has 3 rings (SSSR count). The van der Waals surface area contributed by atoms with Gasteiger partial charge in [0.15, 0.2) is 0 Å². The number of hydrogen-bond acceptors (Lipinski definition) is 6. The molecule has 34 heavy (non-hydrogen) atoms. The number of aromatic nitrogens is 3. The second-order valence-electron chi connectivity index (χ2n) is 10.1. The van der Waals surface area contributed by atoms with E-state index < -0.39 is 11.6 Å². The predicted molar refractivity (Wildman–Crippen MR) is 137 cm³/mol. The SMILES string of the molecule is CCC(CC(=O)O)c1ccc(N(CC(C)C)CC(C)(C)O)c(Nc2ccc3nn(C)nc3c2)c1. The monoisotopic (exact) mass is 467 g/mol. The molecule has 0 amide bonds. The minimum atomic E-state index is -0.876. The summed E-state index contributed by atoms with van der Waals surface area (Å²) in [5, 5.41) is 32.3. The Morgan fingerprint density at radius 2 is 1.85 bits per heavy atom. The van der Waals surface area contributed by atoms with E-state index in [1.165, 1.54) is 0 Å². The van der Waals surface area contributed by atoms with E-state index in [1.54, 1.807) is 11.8 Å². The topological polar surface area (TPSA) is 104 Å². The van der Waals surface area contributed by atoms with E-state index >= 15 is 0 Å². The first-order valence-electron chi connectivity index (χ1n) is 11.9.